The van der Waals surface area contributed by atoms with Gasteiger partial charge in [-0.2, -0.15) is 10.2 Å². The van der Waals surface area contributed by atoms with E-state index in [1.54, 1.807) is 0 Å². The molecule has 1 aromatic carbocycles. The SMILES string of the molecule is CN1CC=C(Cl)C=c2[nH]c3c(c21)CN=NC=3[C@H]1CC[C@@H](Oc2ccccc2)CC1. The van der Waals surface area contributed by atoms with Gasteiger partial charge in [-0.3, -0.25) is 0 Å². The molecule has 29 heavy (non-hydrogen) atoms. The standard InChI is InChI=1S/C23H25ClN4O/c1-28-12-11-16(24)13-20-23(28)19-14-25-27-21(22(19)26-20)15-7-9-18(10-8-15)29-17-5-3-2-4-6-17/h2-6,11,13,15,18,26H,7-10,12,14H2,1H3/t15-,18+. The lowest BCUT2D eigenvalue weighted by molar-refractivity contribution is 0.142. The van der Waals surface area contributed by atoms with E-state index in [1.165, 1.54) is 11.3 Å². The molecule has 0 atom stereocenters. The van der Waals surface area contributed by atoms with Gasteiger partial charge in [-0.05, 0) is 50.0 Å². The highest BCUT2D eigenvalue weighted by atomic mass is 35.5. The number of hydrogen-bond acceptors (Lipinski definition) is 4. The van der Waals surface area contributed by atoms with Crippen molar-refractivity contribution in [3.8, 4) is 5.75 Å². The molecule has 6 heteroatoms. The number of allylic oxidation sites excluding steroid dienone is 1. The number of benzene rings is 1. The summed E-state index contributed by atoms with van der Waals surface area (Å²) in [5, 5.41) is 12.0. The number of rotatable bonds is 3. The highest BCUT2D eigenvalue weighted by Gasteiger charge is 2.29. The van der Waals surface area contributed by atoms with Gasteiger partial charge in [0.2, 0.25) is 0 Å². The second-order valence-corrected chi connectivity index (χ2v) is 8.48. The van der Waals surface area contributed by atoms with Crippen LogP contribution >= 0.6 is 11.6 Å². The summed E-state index contributed by atoms with van der Waals surface area (Å²) in [5.74, 6) is 1.37. The Morgan fingerprint density at radius 1 is 1.14 bits per heavy atom. The van der Waals surface area contributed by atoms with E-state index in [2.05, 4.69) is 27.2 Å². The van der Waals surface area contributed by atoms with Crippen LogP contribution in [0.2, 0.25) is 0 Å². The number of nitrogens with zero attached hydrogens (tertiary/aromatic N) is 3. The minimum atomic E-state index is 0.276. The van der Waals surface area contributed by atoms with Crippen LogP contribution in [0.3, 0.4) is 0 Å². The Bertz CT molecular complexity index is 1080. The van der Waals surface area contributed by atoms with E-state index in [0.717, 1.165) is 59.4 Å². The van der Waals surface area contributed by atoms with Crippen LogP contribution in [-0.4, -0.2) is 24.7 Å². The molecule has 1 fully saturated rings. The first-order valence-corrected chi connectivity index (χ1v) is 10.7. The molecular weight excluding hydrogens is 384 g/mol. The molecule has 1 saturated carbocycles. The average Bonchev–Trinajstić information content (AvgIpc) is 3.04. The van der Waals surface area contributed by atoms with Gasteiger partial charge < -0.3 is 14.6 Å². The van der Waals surface area contributed by atoms with E-state index in [9.17, 15) is 0 Å². The second kappa shape index (κ2) is 7.71. The van der Waals surface area contributed by atoms with Crippen LogP contribution in [0.1, 0.15) is 31.2 Å². The smallest absolute Gasteiger partial charge is 0.119 e. The summed E-state index contributed by atoms with van der Waals surface area (Å²) < 4.78 is 6.16. The Hall–Kier alpha value is -2.53. The first kappa shape index (κ1) is 18.5. The lowest BCUT2D eigenvalue weighted by Crippen LogP contribution is -2.28. The third-order valence-corrected chi connectivity index (χ3v) is 6.36. The Labute approximate surface area is 175 Å². The van der Waals surface area contributed by atoms with E-state index in [-0.39, 0.29) is 6.10 Å². The van der Waals surface area contributed by atoms with Crippen molar-refractivity contribution in [3.05, 3.63) is 57.7 Å². The monoisotopic (exact) mass is 408 g/mol. The van der Waals surface area contributed by atoms with Gasteiger partial charge in [0.15, 0.2) is 0 Å². The molecule has 0 unspecified atom stereocenters. The molecule has 150 valence electrons. The van der Waals surface area contributed by atoms with Gasteiger partial charge in [0.1, 0.15) is 5.75 Å². The first-order chi connectivity index (χ1) is 14.2. The van der Waals surface area contributed by atoms with Gasteiger partial charge in [-0.15, -0.1) is 0 Å². The van der Waals surface area contributed by atoms with Crippen molar-refractivity contribution in [2.45, 2.75) is 38.3 Å². The first-order valence-electron chi connectivity index (χ1n) is 10.3. The van der Waals surface area contributed by atoms with Crippen LogP contribution in [0.4, 0.5) is 5.69 Å². The van der Waals surface area contributed by atoms with Gasteiger partial charge in [-0.25, -0.2) is 0 Å². The summed E-state index contributed by atoms with van der Waals surface area (Å²) in [5.41, 5.74) is 3.54. The molecule has 1 aromatic heterocycles. The van der Waals surface area contributed by atoms with Gasteiger partial charge in [0.05, 0.1) is 34.7 Å². The molecule has 0 amide bonds. The average molecular weight is 409 g/mol. The third kappa shape index (κ3) is 3.60. The lowest BCUT2D eigenvalue weighted by atomic mass is 9.84. The van der Waals surface area contributed by atoms with Gasteiger partial charge in [0.25, 0.3) is 0 Å². The van der Waals surface area contributed by atoms with Crippen LogP contribution in [0.5, 0.6) is 5.75 Å². The maximum atomic E-state index is 6.34. The highest BCUT2D eigenvalue weighted by molar-refractivity contribution is 6.34. The zero-order valence-corrected chi connectivity index (χ0v) is 17.3. The molecule has 2 aromatic rings. The molecule has 0 radical (unpaired) electrons. The summed E-state index contributed by atoms with van der Waals surface area (Å²) in [4.78, 5) is 5.84. The summed E-state index contributed by atoms with van der Waals surface area (Å²) in [7, 11) is 2.10. The zero-order chi connectivity index (χ0) is 19.8. The Morgan fingerprint density at radius 3 is 2.72 bits per heavy atom. The number of likely N-dealkylation sites (N-methyl/N-ethyl adjacent to an activating group) is 1. The summed E-state index contributed by atoms with van der Waals surface area (Å²) in [6.45, 7) is 1.41. The number of anilines is 1. The molecule has 0 bridgehead atoms. The van der Waals surface area contributed by atoms with Crippen LogP contribution in [-0.2, 0) is 6.54 Å². The van der Waals surface area contributed by atoms with E-state index >= 15 is 0 Å². The molecule has 3 aliphatic rings. The van der Waals surface area contributed by atoms with E-state index in [0.29, 0.717) is 12.5 Å². The number of ether oxygens (including phenoxy) is 1. The fraction of sp³-hybridized carbons (Fsp3) is 0.391. The van der Waals surface area contributed by atoms with Crippen LogP contribution in [0, 0.1) is 5.92 Å². The Morgan fingerprint density at radius 2 is 1.93 bits per heavy atom. The minimum absolute atomic E-state index is 0.276. The number of nitrogens with one attached hydrogen (secondary N) is 1. The van der Waals surface area contributed by atoms with Crippen molar-refractivity contribution in [2.75, 3.05) is 18.5 Å². The van der Waals surface area contributed by atoms with Crippen LogP contribution < -0.4 is 20.3 Å². The normalized spacial score (nSPS) is 23.6. The number of halogens is 1. The van der Waals surface area contributed by atoms with Gasteiger partial charge in [-0.1, -0.05) is 29.8 Å². The van der Waals surface area contributed by atoms with Crippen molar-refractivity contribution >= 4 is 29.1 Å². The van der Waals surface area contributed by atoms with Crippen molar-refractivity contribution in [3.63, 3.8) is 0 Å². The molecule has 1 aliphatic carbocycles. The quantitative estimate of drug-likeness (QED) is 0.831. The molecule has 3 heterocycles. The summed E-state index contributed by atoms with van der Waals surface area (Å²) in [6.07, 6.45) is 8.53. The number of azo groups is 1. The molecule has 5 nitrogen and oxygen atoms in total. The fourth-order valence-electron chi connectivity index (χ4n) is 4.64. The molecule has 1 N–H and O–H groups in total. The van der Waals surface area contributed by atoms with Crippen molar-refractivity contribution < 1.29 is 4.74 Å². The number of fused-ring (bicyclic) bond motifs is 3. The zero-order valence-electron chi connectivity index (χ0n) is 16.6. The number of H-pyrrole nitrogens is 1. The summed E-state index contributed by atoms with van der Waals surface area (Å²) >= 11 is 6.34. The molecule has 2 aliphatic heterocycles. The Kier molecular flexibility index (Phi) is 4.92. The molecular formula is C23H25ClN4O. The van der Waals surface area contributed by atoms with Crippen LogP contribution in [0.15, 0.2) is 51.7 Å². The number of aromatic amines is 1. The molecule has 0 saturated heterocycles. The maximum absolute atomic E-state index is 6.34. The fourth-order valence-corrected chi connectivity index (χ4v) is 4.82. The minimum Gasteiger partial charge on any atom is -0.490 e. The predicted molar refractivity (Wildman–Crippen MR) is 116 cm³/mol. The molecule has 5 rings (SSSR count). The third-order valence-electron chi connectivity index (χ3n) is 6.10. The number of para-hydroxylation sites is 1. The Balaban J connectivity index is 1.42. The number of hydrogen-bond donors (Lipinski definition) is 1. The summed E-state index contributed by atoms with van der Waals surface area (Å²) in [6, 6.07) is 10.1. The van der Waals surface area contributed by atoms with E-state index < -0.39 is 0 Å². The topological polar surface area (TPSA) is 53.0 Å². The number of aromatic nitrogens is 1. The van der Waals surface area contributed by atoms with Crippen molar-refractivity contribution in [1.82, 2.24) is 4.98 Å². The van der Waals surface area contributed by atoms with Gasteiger partial charge >= 0.3 is 0 Å². The van der Waals surface area contributed by atoms with Crippen molar-refractivity contribution in [2.24, 2.45) is 16.1 Å². The van der Waals surface area contributed by atoms with Crippen molar-refractivity contribution in [1.29, 1.82) is 0 Å². The largest absolute Gasteiger partial charge is 0.490 e. The van der Waals surface area contributed by atoms with Crippen LogP contribution in [0.25, 0.3) is 11.8 Å². The highest BCUT2D eigenvalue weighted by Crippen LogP contribution is 2.34. The molecule has 0 spiro atoms. The predicted octanol–water partition coefficient (Wildman–Crippen LogP) is 4.08. The second-order valence-electron chi connectivity index (χ2n) is 8.04. The lowest BCUT2D eigenvalue weighted by Gasteiger charge is -2.29. The van der Waals surface area contributed by atoms with E-state index in [1.807, 2.05) is 42.5 Å². The van der Waals surface area contributed by atoms with Gasteiger partial charge in [0, 0.05) is 30.1 Å². The van der Waals surface area contributed by atoms with E-state index in [4.69, 9.17) is 16.3 Å². The maximum Gasteiger partial charge on any atom is 0.119 e.